The molecule has 0 aromatic heterocycles. The van der Waals surface area contributed by atoms with E-state index in [4.69, 9.17) is 15.7 Å². The van der Waals surface area contributed by atoms with Crippen molar-refractivity contribution in [1.82, 2.24) is 5.32 Å². The van der Waals surface area contributed by atoms with Gasteiger partial charge in [-0.2, -0.15) is 5.26 Å². The van der Waals surface area contributed by atoms with E-state index in [9.17, 15) is 9.59 Å². The summed E-state index contributed by atoms with van der Waals surface area (Å²) in [7, 11) is 0. The summed E-state index contributed by atoms with van der Waals surface area (Å²) in [6, 6.07) is 6.78. The van der Waals surface area contributed by atoms with Gasteiger partial charge in [-0.05, 0) is 18.2 Å². The fraction of sp³-hybridized carbons (Fsp3) is 0.267. The predicted molar refractivity (Wildman–Crippen MR) is 73.9 cm³/mol. The number of nitrogens with two attached hydrogens (primary N) is 1. The van der Waals surface area contributed by atoms with Gasteiger partial charge in [0.15, 0.2) is 6.10 Å². The largest absolute Gasteiger partial charge is 0.481 e. The smallest absolute Gasteiger partial charge is 0.267 e. The van der Waals surface area contributed by atoms with Crippen LogP contribution in [0.5, 0.6) is 5.75 Å². The molecule has 3 N–H and O–H groups in total. The molecule has 1 aliphatic rings. The van der Waals surface area contributed by atoms with E-state index in [0.29, 0.717) is 23.3 Å². The van der Waals surface area contributed by atoms with Crippen molar-refractivity contribution in [3.05, 3.63) is 29.3 Å². The highest BCUT2D eigenvalue weighted by atomic mass is 16.5. The zero-order chi connectivity index (χ0) is 15.2. The summed E-state index contributed by atoms with van der Waals surface area (Å²) >= 11 is 0. The highest BCUT2D eigenvalue weighted by Crippen LogP contribution is 2.20. The van der Waals surface area contributed by atoms with Crippen LogP contribution >= 0.6 is 0 Å². The minimum Gasteiger partial charge on any atom is -0.481 e. The fourth-order valence-corrected chi connectivity index (χ4v) is 1.89. The number of nitrogens with zero attached hydrogens (tertiary/aromatic N) is 1. The number of ether oxygens (including phenoxy) is 1. The van der Waals surface area contributed by atoms with E-state index in [-0.39, 0.29) is 18.9 Å². The number of nitriles is 1. The number of hydrogen-bond acceptors (Lipinski definition) is 5. The highest BCUT2D eigenvalue weighted by Gasteiger charge is 2.28. The Hall–Kier alpha value is -2.83. The van der Waals surface area contributed by atoms with Gasteiger partial charge in [0.25, 0.3) is 5.91 Å². The van der Waals surface area contributed by atoms with E-state index in [1.807, 2.05) is 6.07 Å². The van der Waals surface area contributed by atoms with Crippen molar-refractivity contribution in [3.63, 3.8) is 0 Å². The molecule has 21 heavy (non-hydrogen) atoms. The zero-order valence-electron chi connectivity index (χ0n) is 11.2. The first kappa shape index (κ1) is 14.6. The summed E-state index contributed by atoms with van der Waals surface area (Å²) in [6.45, 7) is 0.184. The normalized spacial score (nSPS) is 17.2. The van der Waals surface area contributed by atoms with Gasteiger partial charge in [-0.25, -0.2) is 0 Å². The van der Waals surface area contributed by atoms with Crippen LogP contribution in [-0.2, 0) is 9.59 Å². The van der Waals surface area contributed by atoms with E-state index >= 15 is 0 Å². The lowest BCUT2D eigenvalue weighted by Crippen LogP contribution is -2.46. The zero-order valence-corrected chi connectivity index (χ0v) is 11.2. The molecule has 0 saturated carbocycles. The Balaban J connectivity index is 2.19. The van der Waals surface area contributed by atoms with E-state index in [0.717, 1.165) is 0 Å². The van der Waals surface area contributed by atoms with Crippen LogP contribution in [-0.4, -0.2) is 24.5 Å². The fourth-order valence-electron chi connectivity index (χ4n) is 1.89. The van der Waals surface area contributed by atoms with E-state index in [2.05, 4.69) is 17.2 Å². The van der Waals surface area contributed by atoms with Crippen molar-refractivity contribution < 1.29 is 14.3 Å². The van der Waals surface area contributed by atoms with Crippen LogP contribution in [0.2, 0.25) is 0 Å². The molecule has 106 valence electrons. The molecular weight excluding hydrogens is 270 g/mol. The molecule has 6 heteroatoms. The first-order valence-electron chi connectivity index (χ1n) is 6.37. The van der Waals surface area contributed by atoms with Crippen molar-refractivity contribution in [2.45, 2.75) is 18.9 Å². The highest BCUT2D eigenvalue weighted by molar-refractivity contribution is 5.99. The molecule has 0 spiro atoms. The molecule has 0 bridgehead atoms. The average Bonchev–Trinajstić information content (AvgIpc) is 2.48. The van der Waals surface area contributed by atoms with Crippen LogP contribution in [0.25, 0.3) is 0 Å². The van der Waals surface area contributed by atoms with Crippen LogP contribution in [0.3, 0.4) is 0 Å². The summed E-state index contributed by atoms with van der Waals surface area (Å²) in [6.07, 6.45) is -0.146. The second-order valence-electron chi connectivity index (χ2n) is 4.38. The quantitative estimate of drug-likeness (QED) is 0.589. The molecule has 1 fully saturated rings. The Morgan fingerprint density at radius 3 is 2.86 bits per heavy atom. The second-order valence-corrected chi connectivity index (χ2v) is 4.38. The van der Waals surface area contributed by atoms with Crippen LogP contribution < -0.4 is 15.8 Å². The van der Waals surface area contributed by atoms with E-state index in [1.165, 1.54) is 0 Å². The molecule has 0 radical (unpaired) electrons. The number of rotatable bonds is 2. The maximum absolute atomic E-state index is 11.6. The minimum absolute atomic E-state index is 0.184. The number of piperidine rings is 1. The van der Waals surface area contributed by atoms with Crippen LogP contribution in [0.15, 0.2) is 18.2 Å². The average molecular weight is 283 g/mol. The summed E-state index contributed by atoms with van der Waals surface area (Å²) in [5, 5.41) is 11.2. The van der Waals surface area contributed by atoms with Gasteiger partial charge in [0.05, 0.1) is 12.1 Å². The number of imide groups is 1. The standard InChI is InChI=1S/C15H13N3O3/c16-7-1-2-10-8-12(4-3-11(10)9-17)21-13-5-6-14(19)18-15(13)20/h3-4,8,13H,5-7,16H2,(H,18,19,20). The Bertz CT molecular complexity index is 680. The number of carbonyl (C=O) groups excluding carboxylic acids is 2. The maximum atomic E-state index is 11.6. The molecule has 1 unspecified atom stereocenters. The first-order chi connectivity index (χ1) is 10.1. The molecule has 2 rings (SSSR count). The summed E-state index contributed by atoms with van der Waals surface area (Å²) in [5.74, 6) is 5.13. The SMILES string of the molecule is N#Cc1ccc(OC2CCC(=O)NC2=O)cc1C#CCN. The lowest BCUT2D eigenvalue weighted by Gasteiger charge is -2.22. The summed E-state index contributed by atoms with van der Waals surface area (Å²) < 4.78 is 5.56. The topological polar surface area (TPSA) is 105 Å². The van der Waals surface area contributed by atoms with Crippen molar-refractivity contribution >= 4 is 11.8 Å². The number of nitrogens with one attached hydrogen (secondary N) is 1. The molecule has 1 aromatic carbocycles. The maximum Gasteiger partial charge on any atom is 0.267 e. The lowest BCUT2D eigenvalue weighted by atomic mass is 10.1. The van der Waals surface area contributed by atoms with Crippen molar-refractivity contribution in [2.75, 3.05) is 6.54 Å². The second kappa shape index (κ2) is 6.56. The molecule has 1 atom stereocenters. The predicted octanol–water partition coefficient (Wildman–Crippen LogP) is 0.0525. The lowest BCUT2D eigenvalue weighted by molar-refractivity contribution is -0.138. The molecular formula is C15H13N3O3. The molecule has 6 nitrogen and oxygen atoms in total. The Morgan fingerprint density at radius 2 is 2.19 bits per heavy atom. The monoisotopic (exact) mass is 283 g/mol. The van der Waals surface area contributed by atoms with Gasteiger partial charge in [-0.1, -0.05) is 11.8 Å². The first-order valence-corrected chi connectivity index (χ1v) is 6.37. The van der Waals surface area contributed by atoms with Crippen LogP contribution in [0, 0.1) is 23.2 Å². The van der Waals surface area contributed by atoms with Gasteiger partial charge >= 0.3 is 0 Å². The Kier molecular flexibility index (Phi) is 4.55. The van der Waals surface area contributed by atoms with E-state index < -0.39 is 12.0 Å². The number of benzene rings is 1. The molecule has 1 saturated heterocycles. The Morgan fingerprint density at radius 1 is 1.38 bits per heavy atom. The third-order valence-electron chi connectivity index (χ3n) is 2.90. The van der Waals surface area contributed by atoms with Crippen molar-refractivity contribution in [1.29, 1.82) is 5.26 Å². The van der Waals surface area contributed by atoms with Gasteiger partial charge < -0.3 is 10.5 Å². The molecule has 0 aliphatic carbocycles. The van der Waals surface area contributed by atoms with Gasteiger partial charge in [-0.15, -0.1) is 0 Å². The molecule has 2 amide bonds. The number of carbonyl (C=O) groups is 2. The van der Waals surface area contributed by atoms with E-state index in [1.54, 1.807) is 18.2 Å². The number of amides is 2. The molecule has 1 aromatic rings. The van der Waals surface area contributed by atoms with Crippen molar-refractivity contribution in [3.8, 4) is 23.7 Å². The number of hydrogen-bond donors (Lipinski definition) is 2. The molecule has 1 heterocycles. The third kappa shape index (κ3) is 3.59. The third-order valence-corrected chi connectivity index (χ3v) is 2.90. The van der Waals surface area contributed by atoms with Crippen LogP contribution in [0.1, 0.15) is 24.0 Å². The Labute approximate surface area is 121 Å². The summed E-state index contributed by atoms with van der Waals surface area (Å²) in [4.78, 5) is 22.7. The van der Waals surface area contributed by atoms with Crippen molar-refractivity contribution in [2.24, 2.45) is 5.73 Å². The van der Waals surface area contributed by atoms with Crippen LogP contribution in [0.4, 0.5) is 0 Å². The van der Waals surface area contributed by atoms with Gasteiger partial charge in [0, 0.05) is 18.4 Å². The van der Waals surface area contributed by atoms with Gasteiger partial charge in [-0.3, -0.25) is 14.9 Å². The van der Waals surface area contributed by atoms with Gasteiger partial charge in [0.2, 0.25) is 5.91 Å². The van der Waals surface area contributed by atoms with Gasteiger partial charge in [0.1, 0.15) is 11.8 Å². The summed E-state index contributed by atoms with van der Waals surface area (Å²) in [5.41, 5.74) is 6.22. The minimum atomic E-state index is -0.717. The molecule has 1 aliphatic heterocycles.